The van der Waals surface area contributed by atoms with Gasteiger partial charge in [-0.2, -0.15) is 0 Å². The van der Waals surface area contributed by atoms with Gasteiger partial charge in [-0.05, 0) is 37.5 Å². The molecule has 0 bridgehead atoms. The Balaban J connectivity index is 3.59. The summed E-state index contributed by atoms with van der Waals surface area (Å²) in [5.41, 5.74) is 3.50. The molecule has 0 fully saturated rings. The van der Waals surface area contributed by atoms with Gasteiger partial charge in [0.25, 0.3) is 5.91 Å². The lowest BCUT2D eigenvalue weighted by Crippen LogP contribution is -2.32. The minimum atomic E-state index is -0.559. The summed E-state index contributed by atoms with van der Waals surface area (Å²) < 4.78 is 6.34. The number of ketones is 1. The predicted molar refractivity (Wildman–Crippen MR) is 79.0 cm³/mol. The van der Waals surface area contributed by atoms with E-state index in [0.29, 0.717) is 11.4 Å². The molecule has 0 saturated heterocycles. The van der Waals surface area contributed by atoms with Gasteiger partial charge in [-0.1, -0.05) is 15.9 Å². The third kappa shape index (κ3) is 2.66. The van der Waals surface area contributed by atoms with Crippen molar-refractivity contribution in [3.05, 3.63) is 21.2 Å². The summed E-state index contributed by atoms with van der Waals surface area (Å²) in [7, 11) is 3.14. The SMILES string of the molecule is COc1c(C)c(C)c(Br)c(C)c1N(C)C(=O)C(C)=O. The van der Waals surface area contributed by atoms with E-state index < -0.39 is 11.7 Å². The number of benzene rings is 1. The maximum Gasteiger partial charge on any atom is 0.293 e. The molecule has 1 rings (SSSR count). The lowest BCUT2D eigenvalue weighted by molar-refractivity contribution is -0.134. The Morgan fingerprint density at radius 3 is 2.05 bits per heavy atom. The molecule has 0 N–H and O–H groups in total. The zero-order valence-corrected chi connectivity index (χ0v) is 13.6. The van der Waals surface area contributed by atoms with E-state index in [1.807, 2.05) is 20.8 Å². The zero-order chi connectivity index (χ0) is 14.9. The quantitative estimate of drug-likeness (QED) is 0.802. The van der Waals surface area contributed by atoms with Crippen LogP contribution < -0.4 is 9.64 Å². The molecule has 0 spiro atoms. The number of nitrogens with zero attached hydrogens (tertiary/aromatic N) is 1. The van der Waals surface area contributed by atoms with E-state index in [-0.39, 0.29) is 0 Å². The molecule has 0 aromatic heterocycles. The van der Waals surface area contributed by atoms with Crippen LogP contribution in [0, 0.1) is 20.8 Å². The zero-order valence-electron chi connectivity index (χ0n) is 12.0. The molecule has 1 aromatic carbocycles. The van der Waals surface area contributed by atoms with Crippen LogP contribution in [0.5, 0.6) is 5.75 Å². The summed E-state index contributed by atoms with van der Waals surface area (Å²) in [5.74, 6) is -0.440. The summed E-state index contributed by atoms with van der Waals surface area (Å²) in [6.45, 7) is 7.05. The number of hydrogen-bond acceptors (Lipinski definition) is 3. The van der Waals surface area contributed by atoms with Crippen LogP contribution in [0.2, 0.25) is 0 Å². The third-order valence-electron chi connectivity index (χ3n) is 3.28. The molecule has 5 heteroatoms. The van der Waals surface area contributed by atoms with E-state index in [1.165, 1.54) is 11.8 Å². The van der Waals surface area contributed by atoms with Gasteiger partial charge < -0.3 is 9.64 Å². The van der Waals surface area contributed by atoms with Gasteiger partial charge >= 0.3 is 0 Å². The molecule has 0 atom stereocenters. The molecule has 0 radical (unpaired) electrons. The molecule has 19 heavy (non-hydrogen) atoms. The number of hydrogen-bond donors (Lipinski definition) is 0. The summed E-state index contributed by atoms with van der Waals surface area (Å²) in [5, 5.41) is 0. The fourth-order valence-electron chi connectivity index (χ4n) is 2.06. The fraction of sp³-hybridized carbons (Fsp3) is 0.429. The molecule has 1 amide bonds. The number of anilines is 1. The highest BCUT2D eigenvalue weighted by Gasteiger charge is 2.24. The maximum absolute atomic E-state index is 11.9. The molecule has 1 aromatic rings. The number of methoxy groups -OCH3 is 1. The highest BCUT2D eigenvalue weighted by atomic mass is 79.9. The van der Waals surface area contributed by atoms with E-state index in [2.05, 4.69) is 15.9 Å². The first-order valence-corrected chi connectivity index (χ1v) is 6.65. The summed E-state index contributed by atoms with van der Waals surface area (Å²) in [6.07, 6.45) is 0. The normalized spacial score (nSPS) is 10.3. The first kappa shape index (κ1) is 15.7. The van der Waals surface area contributed by atoms with Crippen molar-refractivity contribution in [2.75, 3.05) is 19.1 Å². The first-order chi connectivity index (χ1) is 8.73. The molecule has 104 valence electrons. The number of ether oxygens (including phenoxy) is 1. The number of carbonyl (C=O) groups is 2. The van der Waals surface area contributed by atoms with Gasteiger partial charge in [-0.25, -0.2) is 0 Å². The van der Waals surface area contributed by atoms with Crippen molar-refractivity contribution in [2.24, 2.45) is 0 Å². The van der Waals surface area contributed by atoms with Crippen LogP contribution in [0.25, 0.3) is 0 Å². The Bertz CT molecular complexity index is 552. The van der Waals surface area contributed by atoms with Crippen molar-refractivity contribution in [1.82, 2.24) is 0 Å². The van der Waals surface area contributed by atoms with Crippen molar-refractivity contribution >= 4 is 33.3 Å². The Morgan fingerprint density at radius 2 is 1.63 bits per heavy atom. The van der Waals surface area contributed by atoms with Crippen LogP contribution in [0.1, 0.15) is 23.6 Å². The van der Waals surface area contributed by atoms with Crippen molar-refractivity contribution in [3.63, 3.8) is 0 Å². The van der Waals surface area contributed by atoms with Crippen LogP contribution in [-0.4, -0.2) is 25.8 Å². The topological polar surface area (TPSA) is 46.6 Å². The smallest absolute Gasteiger partial charge is 0.293 e. The number of Topliss-reactive ketones (excluding diaryl/α,β-unsaturated/α-hetero) is 1. The monoisotopic (exact) mass is 327 g/mol. The Labute approximate surface area is 121 Å². The minimum Gasteiger partial charge on any atom is -0.494 e. The van der Waals surface area contributed by atoms with Crippen molar-refractivity contribution in [2.45, 2.75) is 27.7 Å². The average Bonchev–Trinajstić information content (AvgIpc) is 2.38. The van der Waals surface area contributed by atoms with Crippen LogP contribution >= 0.6 is 15.9 Å². The van der Waals surface area contributed by atoms with E-state index in [9.17, 15) is 9.59 Å². The van der Waals surface area contributed by atoms with Crippen LogP contribution in [0.3, 0.4) is 0 Å². The van der Waals surface area contributed by atoms with Crippen molar-refractivity contribution < 1.29 is 14.3 Å². The lowest BCUT2D eigenvalue weighted by atomic mass is 10.0. The fourth-order valence-corrected chi connectivity index (χ4v) is 2.54. The highest BCUT2D eigenvalue weighted by Crippen LogP contribution is 2.41. The first-order valence-electron chi connectivity index (χ1n) is 5.85. The third-order valence-corrected chi connectivity index (χ3v) is 4.47. The number of rotatable bonds is 3. The molecule has 0 saturated carbocycles. The van der Waals surface area contributed by atoms with Gasteiger partial charge in [-0.15, -0.1) is 0 Å². The summed E-state index contributed by atoms with van der Waals surface area (Å²) in [6, 6.07) is 0. The largest absolute Gasteiger partial charge is 0.494 e. The van der Waals surface area contributed by atoms with Gasteiger partial charge in [0.2, 0.25) is 5.78 Å². The Hall–Kier alpha value is -1.36. The second kappa shape index (κ2) is 5.74. The Morgan fingerprint density at radius 1 is 1.11 bits per heavy atom. The molecular weight excluding hydrogens is 310 g/mol. The van der Waals surface area contributed by atoms with Gasteiger partial charge in [0.1, 0.15) is 5.75 Å². The van der Waals surface area contributed by atoms with Crippen LogP contribution in [0.15, 0.2) is 4.47 Å². The van der Waals surface area contributed by atoms with Crippen LogP contribution in [0.4, 0.5) is 5.69 Å². The van der Waals surface area contributed by atoms with Gasteiger partial charge in [0.15, 0.2) is 0 Å². The molecular formula is C14H18BrNO3. The standard InChI is InChI=1S/C14H18BrNO3/c1-7-8(2)13(19-6)12(9(3)11(7)15)16(5)14(18)10(4)17/h1-6H3. The van der Waals surface area contributed by atoms with Gasteiger partial charge in [0.05, 0.1) is 12.8 Å². The number of carbonyl (C=O) groups excluding carboxylic acids is 2. The lowest BCUT2D eigenvalue weighted by Gasteiger charge is -2.24. The molecule has 4 nitrogen and oxygen atoms in total. The average molecular weight is 328 g/mol. The highest BCUT2D eigenvalue weighted by molar-refractivity contribution is 9.10. The molecule has 0 heterocycles. The number of amides is 1. The molecule has 0 unspecified atom stereocenters. The molecule has 0 aliphatic heterocycles. The van der Waals surface area contributed by atoms with E-state index >= 15 is 0 Å². The van der Waals surface area contributed by atoms with E-state index in [1.54, 1.807) is 14.2 Å². The van der Waals surface area contributed by atoms with Crippen LogP contribution in [-0.2, 0) is 9.59 Å². The summed E-state index contributed by atoms with van der Waals surface area (Å²) >= 11 is 3.52. The van der Waals surface area contributed by atoms with Gasteiger partial charge in [0, 0.05) is 18.4 Å². The second-order valence-corrected chi connectivity index (χ2v) is 5.28. The van der Waals surface area contributed by atoms with Crippen molar-refractivity contribution in [3.8, 4) is 5.75 Å². The van der Waals surface area contributed by atoms with Crippen molar-refractivity contribution in [1.29, 1.82) is 0 Å². The Kier molecular flexibility index (Phi) is 4.74. The minimum absolute atomic E-state index is 0.502. The van der Waals surface area contributed by atoms with E-state index in [4.69, 9.17) is 4.74 Å². The maximum atomic E-state index is 11.9. The summed E-state index contributed by atoms with van der Waals surface area (Å²) in [4.78, 5) is 24.5. The predicted octanol–water partition coefficient (Wildman–Crippen LogP) is 2.93. The van der Waals surface area contributed by atoms with E-state index in [0.717, 1.165) is 21.2 Å². The number of halogens is 1. The molecule has 0 aliphatic rings. The molecule has 0 aliphatic carbocycles. The second-order valence-electron chi connectivity index (χ2n) is 4.49. The number of likely N-dealkylation sites (N-methyl/N-ethyl adjacent to an activating group) is 1. The van der Waals surface area contributed by atoms with Gasteiger partial charge in [-0.3, -0.25) is 9.59 Å².